The van der Waals surface area contributed by atoms with Crippen LogP contribution < -0.4 is 10.6 Å². The van der Waals surface area contributed by atoms with Gasteiger partial charge in [0.1, 0.15) is 0 Å². The van der Waals surface area contributed by atoms with Gasteiger partial charge in [0, 0.05) is 25.9 Å². The summed E-state index contributed by atoms with van der Waals surface area (Å²) in [6.07, 6.45) is 0.152. The smallest absolute Gasteiger partial charge is 0.0913 e. The summed E-state index contributed by atoms with van der Waals surface area (Å²) in [6.45, 7) is 1.74. The molecule has 0 aromatic heterocycles. The van der Waals surface area contributed by atoms with Crippen LogP contribution in [0.25, 0.3) is 0 Å². The van der Waals surface area contributed by atoms with Crippen molar-refractivity contribution in [2.24, 2.45) is 5.73 Å². The fourth-order valence-electron chi connectivity index (χ4n) is 1.85. The summed E-state index contributed by atoms with van der Waals surface area (Å²) in [4.78, 5) is 2.24. The molecule has 0 aliphatic carbocycles. The largest absolute Gasteiger partial charge is 0.378 e. The Morgan fingerprint density at radius 3 is 2.71 bits per heavy atom. The predicted molar refractivity (Wildman–Crippen MR) is 56.3 cm³/mol. The average molecular weight is 191 g/mol. The van der Waals surface area contributed by atoms with Crippen molar-refractivity contribution in [3.05, 3.63) is 30.3 Å². The maximum absolute atomic E-state index is 5.94. The van der Waals surface area contributed by atoms with Gasteiger partial charge >= 0.3 is 0 Å². The molecule has 1 aromatic rings. The summed E-state index contributed by atoms with van der Waals surface area (Å²) < 4.78 is 5.30. The number of anilines is 1. The maximum atomic E-state index is 5.94. The fourth-order valence-corrected chi connectivity index (χ4v) is 1.85. The summed E-state index contributed by atoms with van der Waals surface area (Å²) in [6, 6.07) is 11.0. The minimum atomic E-state index is 0.115. The van der Waals surface area contributed by atoms with Crippen molar-refractivity contribution in [2.75, 3.05) is 25.1 Å². The van der Waals surface area contributed by atoms with E-state index in [2.05, 4.69) is 11.0 Å². The molecule has 1 aliphatic heterocycles. The summed E-state index contributed by atoms with van der Waals surface area (Å²) in [7, 11) is 1.72. The second kappa shape index (κ2) is 3.98. The first-order valence-electron chi connectivity index (χ1n) is 4.80. The van der Waals surface area contributed by atoms with Gasteiger partial charge in [0.15, 0.2) is 0 Å². The maximum Gasteiger partial charge on any atom is 0.0913 e. The van der Waals surface area contributed by atoms with E-state index in [0.717, 1.165) is 13.1 Å². The highest BCUT2D eigenvalue weighted by Gasteiger charge is 2.29. The molecule has 3 heteroatoms. The molecule has 0 spiro atoms. The van der Waals surface area contributed by atoms with E-state index in [1.807, 2.05) is 24.3 Å². The van der Waals surface area contributed by atoms with E-state index in [9.17, 15) is 0 Å². The molecule has 0 saturated carbocycles. The molecule has 14 heavy (non-hydrogen) atoms. The van der Waals surface area contributed by atoms with Crippen LogP contribution in [0.4, 0.5) is 5.69 Å². The van der Waals surface area contributed by atoms with Gasteiger partial charge in [-0.15, -0.1) is 0 Å². The molecular weight excluding hydrogens is 176 g/mol. The third-order valence-electron chi connectivity index (χ3n) is 2.68. The third-order valence-corrected chi connectivity index (χ3v) is 2.68. The lowest BCUT2D eigenvalue weighted by Gasteiger charge is -2.17. The number of methoxy groups -OCH3 is 1. The molecule has 2 N–H and O–H groups in total. The van der Waals surface area contributed by atoms with Crippen molar-refractivity contribution >= 4 is 5.69 Å². The van der Waals surface area contributed by atoms with Gasteiger partial charge in [0.05, 0.1) is 12.1 Å². The first-order valence-corrected chi connectivity index (χ1v) is 4.80. The number of nitrogens with zero attached hydrogens (tertiary/aromatic N) is 1. The van der Waals surface area contributed by atoms with Crippen molar-refractivity contribution < 1.29 is 4.74 Å². The topological polar surface area (TPSA) is 38.5 Å². The van der Waals surface area contributed by atoms with Crippen LogP contribution in [-0.2, 0) is 4.74 Å². The van der Waals surface area contributed by atoms with E-state index in [1.165, 1.54) is 5.69 Å². The molecule has 0 bridgehead atoms. The second-order valence-corrected chi connectivity index (χ2v) is 3.60. The molecular formula is C11H15N2O. The van der Waals surface area contributed by atoms with Crippen LogP contribution in [0.1, 0.15) is 0 Å². The number of nitrogens with two attached hydrogens (primary N) is 1. The average Bonchev–Trinajstić information content (AvgIpc) is 2.61. The molecule has 1 aromatic carbocycles. The van der Waals surface area contributed by atoms with Crippen molar-refractivity contribution in [3.63, 3.8) is 0 Å². The first-order chi connectivity index (χ1) is 6.81. The second-order valence-electron chi connectivity index (χ2n) is 3.60. The number of ether oxygens (including phenoxy) is 1. The molecule has 1 radical (unpaired) electrons. The van der Waals surface area contributed by atoms with Crippen LogP contribution >= 0.6 is 0 Å². The van der Waals surface area contributed by atoms with Gasteiger partial charge in [0.2, 0.25) is 0 Å². The van der Waals surface area contributed by atoms with Gasteiger partial charge in [-0.3, -0.25) is 0 Å². The normalized spacial score (nSPS) is 26.9. The quantitative estimate of drug-likeness (QED) is 0.746. The number of hydrogen-bond donors (Lipinski definition) is 1. The van der Waals surface area contributed by atoms with Crippen LogP contribution in [0.2, 0.25) is 0 Å². The Morgan fingerprint density at radius 1 is 1.43 bits per heavy atom. The summed E-state index contributed by atoms with van der Waals surface area (Å²) in [5.41, 5.74) is 7.14. The van der Waals surface area contributed by atoms with Gasteiger partial charge in [-0.1, -0.05) is 12.1 Å². The van der Waals surface area contributed by atoms with E-state index < -0.39 is 0 Å². The molecule has 0 amide bonds. The molecule has 1 saturated heterocycles. The van der Waals surface area contributed by atoms with Gasteiger partial charge in [-0.05, 0) is 18.2 Å². The zero-order valence-corrected chi connectivity index (χ0v) is 8.31. The highest BCUT2D eigenvalue weighted by molar-refractivity contribution is 5.47. The Morgan fingerprint density at radius 2 is 2.14 bits per heavy atom. The summed E-state index contributed by atoms with van der Waals surface area (Å²) in [5, 5.41) is 0. The Bertz CT molecular complexity index is 289. The molecule has 3 nitrogen and oxygen atoms in total. The zero-order valence-electron chi connectivity index (χ0n) is 8.31. The Labute approximate surface area is 84.5 Å². The number of rotatable bonds is 2. The lowest BCUT2D eigenvalue weighted by Crippen LogP contribution is -2.34. The SMILES string of the molecule is COC1CN(c2cc[c]cc2)CC1N. The Balaban J connectivity index is 2.09. The Kier molecular flexibility index (Phi) is 2.70. The third kappa shape index (κ3) is 1.74. The molecule has 75 valence electrons. The van der Waals surface area contributed by atoms with Gasteiger partial charge in [-0.25, -0.2) is 0 Å². The molecule has 2 unspecified atom stereocenters. The lowest BCUT2D eigenvalue weighted by molar-refractivity contribution is 0.108. The minimum Gasteiger partial charge on any atom is -0.378 e. The van der Waals surface area contributed by atoms with Crippen LogP contribution in [0.15, 0.2) is 24.3 Å². The van der Waals surface area contributed by atoms with E-state index in [0.29, 0.717) is 0 Å². The van der Waals surface area contributed by atoms with Crippen LogP contribution in [-0.4, -0.2) is 32.3 Å². The highest BCUT2D eigenvalue weighted by Crippen LogP contribution is 2.20. The molecule has 1 aliphatic rings. The van der Waals surface area contributed by atoms with Crippen LogP contribution in [0, 0.1) is 6.07 Å². The van der Waals surface area contributed by atoms with E-state index >= 15 is 0 Å². The first kappa shape index (κ1) is 9.49. The van der Waals surface area contributed by atoms with Crippen LogP contribution in [0.5, 0.6) is 0 Å². The van der Waals surface area contributed by atoms with E-state index in [1.54, 1.807) is 7.11 Å². The van der Waals surface area contributed by atoms with Gasteiger partial charge in [0.25, 0.3) is 0 Å². The molecule has 1 fully saturated rings. The van der Waals surface area contributed by atoms with Gasteiger partial charge < -0.3 is 15.4 Å². The van der Waals surface area contributed by atoms with E-state index in [4.69, 9.17) is 10.5 Å². The van der Waals surface area contributed by atoms with E-state index in [-0.39, 0.29) is 12.1 Å². The number of hydrogen-bond acceptors (Lipinski definition) is 3. The fraction of sp³-hybridized carbons (Fsp3) is 0.455. The highest BCUT2D eigenvalue weighted by atomic mass is 16.5. The lowest BCUT2D eigenvalue weighted by atomic mass is 10.2. The van der Waals surface area contributed by atoms with Crippen molar-refractivity contribution in [2.45, 2.75) is 12.1 Å². The molecule has 2 atom stereocenters. The van der Waals surface area contributed by atoms with Crippen molar-refractivity contribution in [1.82, 2.24) is 0 Å². The Hall–Kier alpha value is -1.06. The van der Waals surface area contributed by atoms with Crippen molar-refractivity contribution in [1.29, 1.82) is 0 Å². The standard InChI is InChI=1S/C11H15N2O/c1-14-11-8-13(7-10(11)12)9-5-3-2-4-6-9/h3-6,10-11H,7-8,12H2,1H3. The summed E-state index contributed by atoms with van der Waals surface area (Å²) in [5.74, 6) is 0. The van der Waals surface area contributed by atoms with Crippen molar-refractivity contribution in [3.8, 4) is 0 Å². The monoisotopic (exact) mass is 191 g/mol. The molecule has 1 heterocycles. The number of benzene rings is 1. The van der Waals surface area contributed by atoms with Crippen LogP contribution in [0.3, 0.4) is 0 Å². The predicted octanol–water partition coefficient (Wildman–Crippen LogP) is 0.649. The minimum absolute atomic E-state index is 0.115. The molecule has 2 rings (SSSR count). The zero-order chi connectivity index (χ0) is 9.97. The van der Waals surface area contributed by atoms with Gasteiger partial charge in [-0.2, -0.15) is 0 Å². The summed E-state index contributed by atoms with van der Waals surface area (Å²) >= 11 is 0.